The van der Waals surface area contributed by atoms with Crippen molar-refractivity contribution >= 4 is 21.6 Å². The summed E-state index contributed by atoms with van der Waals surface area (Å²) in [7, 11) is 3.99. The first-order valence-electron chi connectivity index (χ1n) is 6.69. The lowest BCUT2D eigenvalue weighted by molar-refractivity contribution is 0.546. The Labute approximate surface area is 133 Å². The molecule has 0 saturated carbocycles. The molecule has 0 aromatic heterocycles. The van der Waals surface area contributed by atoms with Gasteiger partial charge in [0.2, 0.25) is 0 Å². The van der Waals surface area contributed by atoms with Gasteiger partial charge in [-0.1, -0.05) is 24.3 Å². The predicted molar refractivity (Wildman–Crippen MR) is 88.6 cm³/mol. The molecule has 3 nitrogen and oxygen atoms in total. The number of hydrazine groups is 1. The first kappa shape index (κ1) is 15.9. The van der Waals surface area contributed by atoms with Gasteiger partial charge in [0, 0.05) is 19.8 Å². The summed E-state index contributed by atoms with van der Waals surface area (Å²) < 4.78 is 14.1. The van der Waals surface area contributed by atoms with Crippen LogP contribution in [0.3, 0.4) is 0 Å². The van der Waals surface area contributed by atoms with Crippen LogP contribution in [-0.2, 0) is 6.42 Å². The van der Waals surface area contributed by atoms with E-state index in [0.717, 1.165) is 16.8 Å². The number of hydrogen-bond donors (Lipinski definition) is 2. The average Bonchev–Trinajstić information content (AvgIpc) is 2.49. The summed E-state index contributed by atoms with van der Waals surface area (Å²) >= 11 is 3.30. The largest absolute Gasteiger partial charge is 0.378 e. The van der Waals surface area contributed by atoms with Crippen molar-refractivity contribution in [1.29, 1.82) is 0 Å². The average molecular weight is 352 g/mol. The molecule has 5 heteroatoms. The molecule has 21 heavy (non-hydrogen) atoms. The summed E-state index contributed by atoms with van der Waals surface area (Å²) in [5, 5.41) is 0. The number of anilines is 1. The summed E-state index contributed by atoms with van der Waals surface area (Å²) in [4.78, 5) is 2.04. The van der Waals surface area contributed by atoms with E-state index in [4.69, 9.17) is 5.84 Å². The van der Waals surface area contributed by atoms with Crippen LogP contribution in [0.25, 0.3) is 0 Å². The van der Waals surface area contributed by atoms with Gasteiger partial charge in [0.15, 0.2) is 0 Å². The van der Waals surface area contributed by atoms with Crippen LogP contribution in [-0.4, -0.2) is 14.1 Å². The van der Waals surface area contributed by atoms with E-state index in [-0.39, 0.29) is 11.9 Å². The van der Waals surface area contributed by atoms with E-state index in [0.29, 0.717) is 10.9 Å². The molecule has 0 radical (unpaired) electrons. The van der Waals surface area contributed by atoms with Gasteiger partial charge in [-0.25, -0.2) is 4.39 Å². The maximum absolute atomic E-state index is 13.6. The summed E-state index contributed by atoms with van der Waals surface area (Å²) in [6.07, 6.45) is 0.603. The zero-order valence-electron chi connectivity index (χ0n) is 12.1. The molecule has 0 bridgehead atoms. The molecule has 0 aliphatic rings. The fourth-order valence-electron chi connectivity index (χ4n) is 2.22. The van der Waals surface area contributed by atoms with Gasteiger partial charge in [-0.05, 0) is 51.7 Å². The Morgan fingerprint density at radius 1 is 1.24 bits per heavy atom. The third-order valence-corrected chi connectivity index (χ3v) is 4.33. The maximum atomic E-state index is 13.6. The highest BCUT2D eigenvalue weighted by molar-refractivity contribution is 9.10. The third kappa shape index (κ3) is 3.81. The molecule has 2 aromatic rings. The van der Waals surface area contributed by atoms with E-state index >= 15 is 0 Å². The zero-order valence-corrected chi connectivity index (χ0v) is 13.7. The van der Waals surface area contributed by atoms with Crippen molar-refractivity contribution in [3.63, 3.8) is 0 Å². The standard InChI is InChI=1S/C16H19BrFN3/c1-21(2)13-7-3-5-11(9-13)15(20-19)10-12-6-4-8-14(18)16(12)17/h3-9,15,20H,10,19H2,1-2H3. The van der Waals surface area contributed by atoms with E-state index in [1.807, 2.05) is 43.3 Å². The van der Waals surface area contributed by atoms with Crippen LogP contribution >= 0.6 is 15.9 Å². The third-order valence-electron chi connectivity index (χ3n) is 3.45. The molecule has 0 heterocycles. The minimum Gasteiger partial charge on any atom is -0.378 e. The van der Waals surface area contributed by atoms with Crippen molar-refractivity contribution in [2.45, 2.75) is 12.5 Å². The van der Waals surface area contributed by atoms with Crippen LogP contribution in [0.1, 0.15) is 17.2 Å². The molecule has 112 valence electrons. The van der Waals surface area contributed by atoms with Crippen LogP contribution in [0, 0.1) is 5.82 Å². The first-order chi connectivity index (χ1) is 10.0. The van der Waals surface area contributed by atoms with Crippen molar-refractivity contribution in [3.05, 3.63) is 63.9 Å². The fourth-order valence-corrected chi connectivity index (χ4v) is 2.64. The first-order valence-corrected chi connectivity index (χ1v) is 7.48. The molecule has 3 N–H and O–H groups in total. The second kappa shape index (κ2) is 7.02. The van der Waals surface area contributed by atoms with Gasteiger partial charge in [-0.15, -0.1) is 0 Å². The van der Waals surface area contributed by atoms with Gasteiger partial charge in [0.25, 0.3) is 0 Å². The number of nitrogens with one attached hydrogen (secondary N) is 1. The highest BCUT2D eigenvalue weighted by Crippen LogP contribution is 2.27. The molecular weight excluding hydrogens is 333 g/mol. The lowest BCUT2D eigenvalue weighted by atomic mass is 9.99. The van der Waals surface area contributed by atoms with Gasteiger partial charge in [0.1, 0.15) is 5.82 Å². The summed E-state index contributed by atoms with van der Waals surface area (Å²) in [5.41, 5.74) is 5.87. The highest BCUT2D eigenvalue weighted by atomic mass is 79.9. The van der Waals surface area contributed by atoms with E-state index < -0.39 is 0 Å². The second-order valence-electron chi connectivity index (χ2n) is 5.13. The molecule has 0 aliphatic heterocycles. The van der Waals surface area contributed by atoms with Crippen LogP contribution in [0.5, 0.6) is 0 Å². The molecule has 2 aromatic carbocycles. The zero-order chi connectivity index (χ0) is 15.4. The minimum atomic E-state index is -0.259. The molecule has 0 fully saturated rings. The SMILES string of the molecule is CN(C)c1cccc(C(Cc2cccc(F)c2Br)NN)c1. The minimum absolute atomic E-state index is 0.0806. The molecule has 0 amide bonds. The Balaban J connectivity index is 2.28. The van der Waals surface area contributed by atoms with Crippen LogP contribution < -0.4 is 16.2 Å². The normalized spacial score (nSPS) is 12.2. The molecule has 0 spiro atoms. The van der Waals surface area contributed by atoms with Gasteiger partial charge < -0.3 is 4.90 Å². The van der Waals surface area contributed by atoms with E-state index in [1.54, 1.807) is 6.07 Å². The lowest BCUT2D eigenvalue weighted by Gasteiger charge is -2.20. The van der Waals surface area contributed by atoms with E-state index in [1.165, 1.54) is 6.07 Å². The van der Waals surface area contributed by atoms with E-state index in [9.17, 15) is 4.39 Å². The van der Waals surface area contributed by atoms with Crippen LogP contribution in [0.4, 0.5) is 10.1 Å². The van der Waals surface area contributed by atoms with Crippen molar-refractivity contribution in [3.8, 4) is 0 Å². The predicted octanol–water partition coefficient (Wildman–Crippen LogP) is 3.40. The fraction of sp³-hybridized carbons (Fsp3) is 0.250. The van der Waals surface area contributed by atoms with Crippen molar-refractivity contribution in [2.75, 3.05) is 19.0 Å². The Morgan fingerprint density at radius 2 is 1.95 bits per heavy atom. The Bertz CT molecular complexity index is 616. The molecule has 1 unspecified atom stereocenters. The molecule has 0 aliphatic carbocycles. The van der Waals surface area contributed by atoms with E-state index in [2.05, 4.69) is 27.4 Å². The molecule has 2 rings (SSSR count). The van der Waals surface area contributed by atoms with Crippen molar-refractivity contribution in [1.82, 2.24) is 5.43 Å². The van der Waals surface area contributed by atoms with Crippen molar-refractivity contribution in [2.24, 2.45) is 5.84 Å². The number of halogens is 2. The number of nitrogens with zero attached hydrogens (tertiary/aromatic N) is 1. The molecular formula is C16H19BrFN3. The second-order valence-corrected chi connectivity index (χ2v) is 5.92. The topological polar surface area (TPSA) is 41.3 Å². The molecule has 0 saturated heterocycles. The van der Waals surface area contributed by atoms with Crippen LogP contribution in [0.15, 0.2) is 46.9 Å². The monoisotopic (exact) mass is 351 g/mol. The molecule has 1 atom stereocenters. The maximum Gasteiger partial charge on any atom is 0.137 e. The Kier molecular flexibility index (Phi) is 5.33. The van der Waals surface area contributed by atoms with Gasteiger partial charge >= 0.3 is 0 Å². The Morgan fingerprint density at radius 3 is 2.62 bits per heavy atom. The van der Waals surface area contributed by atoms with Gasteiger partial charge in [-0.2, -0.15) is 0 Å². The van der Waals surface area contributed by atoms with Gasteiger partial charge in [-0.3, -0.25) is 11.3 Å². The smallest absolute Gasteiger partial charge is 0.137 e. The number of nitrogens with two attached hydrogens (primary N) is 1. The van der Waals surface area contributed by atoms with Gasteiger partial charge in [0.05, 0.1) is 10.5 Å². The summed E-state index contributed by atoms with van der Waals surface area (Å²) in [6.45, 7) is 0. The lowest BCUT2D eigenvalue weighted by Crippen LogP contribution is -2.29. The quantitative estimate of drug-likeness (QED) is 0.640. The summed E-state index contributed by atoms with van der Waals surface area (Å²) in [5.74, 6) is 5.44. The summed E-state index contributed by atoms with van der Waals surface area (Å²) in [6, 6.07) is 13.1. The van der Waals surface area contributed by atoms with Crippen molar-refractivity contribution < 1.29 is 4.39 Å². The van der Waals surface area contributed by atoms with Crippen LogP contribution in [0.2, 0.25) is 0 Å². The highest BCUT2D eigenvalue weighted by Gasteiger charge is 2.14. The number of hydrogen-bond acceptors (Lipinski definition) is 3. The number of benzene rings is 2. The Hall–Kier alpha value is -1.43. The number of rotatable bonds is 5.